The Bertz CT molecular complexity index is 227. The van der Waals surface area contributed by atoms with Crippen LogP contribution in [0.5, 0.6) is 0 Å². The Hall–Kier alpha value is -0.810. The Morgan fingerprint density at radius 1 is 1.36 bits per heavy atom. The standard InChI is InChI=1S/C10H13N/c11-7-9-3-1-2-4-10(9)8-5-6-8/h5-6,8,10-11H,1-4H2/t10-/m1/s1. The minimum atomic E-state index is 0.654. The van der Waals surface area contributed by atoms with Crippen molar-refractivity contribution < 1.29 is 0 Å². The monoisotopic (exact) mass is 147 g/mol. The van der Waals surface area contributed by atoms with Gasteiger partial charge >= 0.3 is 0 Å². The maximum Gasteiger partial charge on any atom is 0.00192 e. The zero-order chi connectivity index (χ0) is 7.68. The van der Waals surface area contributed by atoms with Crippen molar-refractivity contribution in [3.8, 4) is 0 Å². The van der Waals surface area contributed by atoms with Crippen LogP contribution in [0.2, 0.25) is 0 Å². The lowest BCUT2D eigenvalue weighted by molar-refractivity contribution is 0.433. The van der Waals surface area contributed by atoms with Gasteiger partial charge in [0.15, 0.2) is 0 Å². The average Bonchev–Trinajstić information content (AvgIpc) is 2.87. The van der Waals surface area contributed by atoms with Gasteiger partial charge in [0.1, 0.15) is 0 Å². The lowest BCUT2D eigenvalue weighted by atomic mass is 9.81. The van der Waals surface area contributed by atoms with Crippen molar-refractivity contribution in [2.45, 2.75) is 25.7 Å². The van der Waals surface area contributed by atoms with Crippen LogP contribution in [0, 0.1) is 17.2 Å². The van der Waals surface area contributed by atoms with Crippen LogP contribution >= 0.6 is 0 Å². The van der Waals surface area contributed by atoms with Crippen LogP contribution in [0.15, 0.2) is 17.7 Å². The van der Waals surface area contributed by atoms with Crippen molar-refractivity contribution in [3.63, 3.8) is 0 Å². The molecule has 0 heterocycles. The summed E-state index contributed by atoms with van der Waals surface area (Å²) in [6, 6.07) is 0. The smallest absolute Gasteiger partial charge is 0.00192 e. The van der Waals surface area contributed by atoms with Gasteiger partial charge in [-0.2, -0.15) is 0 Å². The lowest BCUT2D eigenvalue weighted by Crippen LogP contribution is -2.13. The summed E-state index contributed by atoms with van der Waals surface area (Å²) < 4.78 is 0. The molecule has 11 heavy (non-hydrogen) atoms. The molecule has 0 aromatic carbocycles. The largest absolute Gasteiger partial charge is 0.259 e. The van der Waals surface area contributed by atoms with E-state index in [1.54, 1.807) is 0 Å². The molecular formula is C10H13N. The van der Waals surface area contributed by atoms with Crippen molar-refractivity contribution in [2.24, 2.45) is 11.8 Å². The molecular weight excluding hydrogens is 134 g/mol. The predicted octanol–water partition coefficient (Wildman–Crippen LogP) is 2.54. The highest BCUT2D eigenvalue weighted by Crippen LogP contribution is 2.39. The summed E-state index contributed by atoms with van der Waals surface area (Å²) in [5, 5.41) is 7.13. The Morgan fingerprint density at radius 2 is 2.18 bits per heavy atom. The zero-order valence-corrected chi connectivity index (χ0v) is 6.64. The Balaban J connectivity index is 2.08. The van der Waals surface area contributed by atoms with Crippen molar-refractivity contribution in [1.29, 1.82) is 5.41 Å². The molecule has 1 saturated carbocycles. The third-order valence-corrected chi connectivity index (χ3v) is 2.70. The minimum absolute atomic E-state index is 0.654. The van der Waals surface area contributed by atoms with E-state index in [9.17, 15) is 0 Å². The molecule has 0 radical (unpaired) electrons. The van der Waals surface area contributed by atoms with E-state index in [0.29, 0.717) is 11.8 Å². The van der Waals surface area contributed by atoms with E-state index in [1.165, 1.54) is 24.8 Å². The molecule has 1 nitrogen and oxygen atoms in total. The first-order chi connectivity index (χ1) is 5.42. The number of hydrogen-bond donors (Lipinski definition) is 1. The molecule has 0 amide bonds. The van der Waals surface area contributed by atoms with E-state index in [4.69, 9.17) is 5.41 Å². The molecule has 58 valence electrons. The molecule has 1 atom stereocenters. The van der Waals surface area contributed by atoms with Crippen molar-refractivity contribution in [1.82, 2.24) is 0 Å². The van der Waals surface area contributed by atoms with E-state index >= 15 is 0 Å². The van der Waals surface area contributed by atoms with E-state index in [1.807, 2.05) is 0 Å². The maximum absolute atomic E-state index is 7.13. The maximum atomic E-state index is 7.13. The summed E-state index contributed by atoms with van der Waals surface area (Å²) in [6.07, 6.45) is 9.49. The van der Waals surface area contributed by atoms with Crippen LogP contribution in [-0.2, 0) is 0 Å². The second kappa shape index (κ2) is 2.67. The van der Waals surface area contributed by atoms with Crippen molar-refractivity contribution in [2.75, 3.05) is 0 Å². The molecule has 0 saturated heterocycles. The van der Waals surface area contributed by atoms with Crippen molar-refractivity contribution in [3.05, 3.63) is 17.7 Å². The second-order valence-electron chi connectivity index (χ2n) is 3.46. The molecule has 0 spiro atoms. The molecule has 1 fully saturated rings. The summed E-state index contributed by atoms with van der Waals surface area (Å²) in [5.41, 5.74) is 1.26. The summed E-state index contributed by atoms with van der Waals surface area (Å²) in [5.74, 6) is 3.95. The third-order valence-electron chi connectivity index (χ3n) is 2.70. The minimum Gasteiger partial charge on any atom is -0.259 e. The highest BCUT2D eigenvalue weighted by Gasteiger charge is 2.28. The third kappa shape index (κ3) is 1.29. The molecule has 0 aliphatic heterocycles. The fourth-order valence-electron chi connectivity index (χ4n) is 1.95. The Labute approximate surface area is 67.3 Å². The summed E-state index contributed by atoms with van der Waals surface area (Å²) in [6.45, 7) is 0. The van der Waals surface area contributed by atoms with Gasteiger partial charge in [-0.15, -0.1) is 0 Å². The van der Waals surface area contributed by atoms with E-state index in [2.05, 4.69) is 18.0 Å². The van der Waals surface area contributed by atoms with Gasteiger partial charge in [0.05, 0.1) is 0 Å². The molecule has 1 heteroatoms. The lowest BCUT2D eigenvalue weighted by Gasteiger charge is -2.22. The first-order valence-corrected chi connectivity index (χ1v) is 4.38. The molecule has 0 aromatic rings. The van der Waals surface area contributed by atoms with Crippen LogP contribution in [0.4, 0.5) is 0 Å². The number of nitrogens with one attached hydrogen (secondary N) is 1. The molecule has 0 aromatic heterocycles. The number of hydrogen-bond acceptors (Lipinski definition) is 1. The number of allylic oxidation sites excluding steroid dienone is 3. The average molecular weight is 147 g/mol. The fourth-order valence-corrected chi connectivity index (χ4v) is 1.95. The van der Waals surface area contributed by atoms with Gasteiger partial charge in [-0.3, -0.25) is 5.41 Å². The predicted molar refractivity (Wildman–Crippen MR) is 45.8 cm³/mol. The fraction of sp³-hybridized carbons (Fsp3) is 0.600. The quantitative estimate of drug-likeness (QED) is 0.435. The van der Waals surface area contributed by atoms with Gasteiger partial charge in [0.25, 0.3) is 0 Å². The van der Waals surface area contributed by atoms with Crippen LogP contribution < -0.4 is 0 Å². The second-order valence-corrected chi connectivity index (χ2v) is 3.46. The summed E-state index contributed by atoms with van der Waals surface area (Å²) in [7, 11) is 0. The first-order valence-electron chi connectivity index (χ1n) is 4.38. The molecule has 2 aliphatic rings. The normalized spacial score (nSPS) is 30.2. The van der Waals surface area contributed by atoms with Crippen LogP contribution in [0.25, 0.3) is 0 Å². The van der Waals surface area contributed by atoms with E-state index in [-0.39, 0.29) is 0 Å². The SMILES string of the molecule is N=C=C1CCCC[C@@H]1C1C=C1. The van der Waals surface area contributed by atoms with Gasteiger partial charge in [0, 0.05) is 5.92 Å². The van der Waals surface area contributed by atoms with Gasteiger partial charge in [-0.05, 0) is 36.6 Å². The zero-order valence-electron chi connectivity index (χ0n) is 6.64. The molecule has 2 rings (SSSR count). The van der Waals surface area contributed by atoms with E-state index in [0.717, 1.165) is 6.42 Å². The van der Waals surface area contributed by atoms with Gasteiger partial charge < -0.3 is 0 Å². The van der Waals surface area contributed by atoms with Gasteiger partial charge in [-0.25, -0.2) is 0 Å². The molecule has 1 N–H and O–H groups in total. The molecule has 0 unspecified atom stereocenters. The highest BCUT2D eigenvalue weighted by atomic mass is 14.4. The van der Waals surface area contributed by atoms with Gasteiger partial charge in [-0.1, -0.05) is 18.6 Å². The summed E-state index contributed by atoms with van der Waals surface area (Å²) in [4.78, 5) is 0. The number of rotatable bonds is 1. The van der Waals surface area contributed by atoms with Gasteiger partial charge in [0.2, 0.25) is 0 Å². The van der Waals surface area contributed by atoms with Crippen LogP contribution in [0.3, 0.4) is 0 Å². The van der Waals surface area contributed by atoms with Crippen LogP contribution in [0.1, 0.15) is 25.7 Å². The van der Waals surface area contributed by atoms with Crippen LogP contribution in [-0.4, -0.2) is 5.87 Å². The van der Waals surface area contributed by atoms with Crippen molar-refractivity contribution >= 4 is 5.87 Å². The highest BCUT2D eigenvalue weighted by molar-refractivity contribution is 5.56. The Morgan fingerprint density at radius 3 is 2.82 bits per heavy atom. The Kier molecular flexibility index (Phi) is 1.67. The first kappa shape index (κ1) is 6.87. The molecule has 0 bridgehead atoms. The topological polar surface area (TPSA) is 23.9 Å². The van der Waals surface area contributed by atoms with E-state index < -0.39 is 0 Å². The molecule has 2 aliphatic carbocycles. The summed E-state index contributed by atoms with van der Waals surface area (Å²) >= 11 is 0.